The van der Waals surface area contributed by atoms with Gasteiger partial charge in [-0.3, -0.25) is 9.48 Å². The van der Waals surface area contributed by atoms with Crippen LogP contribution in [-0.2, 0) is 7.05 Å². The van der Waals surface area contributed by atoms with Crippen LogP contribution in [0, 0.1) is 11.8 Å². The fourth-order valence-corrected chi connectivity index (χ4v) is 3.89. The van der Waals surface area contributed by atoms with E-state index in [9.17, 15) is 4.79 Å². The summed E-state index contributed by atoms with van der Waals surface area (Å²) in [6.45, 7) is 7.51. The summed E-state index contributed by atoms with van der Waals surface area (Å²) in [4.78, 5) is 14.9. The van der Waals surface area contributed by atoms with Crippen molar-refractivity contribution < 1.29 is 4.79 Å². The monoisotopic (exact) mass is 358 g/mol. The fraction of sp³-hybridized carbons (Fsp3) is 0.750. The first-order valence-electron chi connectivity index (χ1n) is 8.13. The van der Waals surface area contributed by atoms with E-state index in [1.165, 1.54) is 12.2 Å². The molecule has 1 amide bonds. The third kappa shape index (κ3) is 4.88. The number of hydrogen-bond donors (Lipinski definition) is 1. The topological polar surface area (TPSA) is 50.2 Å². The number of amides is 1. The summed E-state index contributed by atoms with van der Waals surface area (Å²) in [5.41, 5.74) is 0.317. The van der Waals surface area contributed by atoms with Crippen LogP contribution in [0.5, 0.6) is 0 Å². The molecule has 0 saturated carbocycles. The molecule has 1 aliphatic heterocycles. The average Bonchev–Trinajstić information content (AvgIpc) is 3.02. The highest BCUT2D eigenvalue weighted by Gasteiger charge is 2.35. The molecule has 1 fully saturated rings. The van der Waals surface area contributed by atoms with Gasteiger partial charge in [-0.15, -0.1) is 0 Å². The molecular weight excluding hydrogens is 332 g/mol. The third-order valence-corrected chi connectivity index (χ3v) is 5.41. The van der Waals surface area contributed by atoms with Crippen LogP contribution in [-0.4, -0.2) is 58.3 Å². The molecule has 0 radical (unpaired) electrons. The standard InChI is InChI=1S/C16H27ClN4OS/c1-11(2)12-8-21(6-5-7-23-4)10-14(12)18-16(22)15-13(17)9-20(3)19-15/h9,11-12,14H,5-8,10H2,1-4H3,(H,18,22)/t12-,14+/m1/s1. The number of carbonyl (C=O) groups excluding carboxylic acids is 1. The predicted octanol–water partition coefficient (Wildman–Crippen LogP) is 2.51. The minimum atomic E-state index is -0.169. The number of nitrogens with zero attached hydrogens (tertiary/aromatic N) is 3. The number of aryl methyl sites for hydroxylation is 1. The van der Waals surface area contributed by atoms with Crippen LogP contribution in [0.1, 0.15) is 30.8 Å². The smallest absolute Gasteiger partial charge is 0.273 e. The molecule has 23 heavy (non-hydrogen) atoms. The molecule has 0 bridgehead atoms. The van der Waals surface area contributed by atoms with Crippen molar-refractivity contribution in [3.8, 4) is 0 Å². The Balaban J connectivity index is 1.98. The van der Waals surface area contributed by atoms with Gasteiger partial charge in [0.2, 0.25) is 0 Å². The molecule has 2 rings (SSSR count). The number of nitrogens with one attached hydrogen (secondary N) is 1. The molecule has 5 nitrogen and oxygen atoms in total. The Morgan fingerprint density at radius 2 is 2.26 bits per heavy atom. The predicted molar refractivity (Wildman–Crippen MR) is 97.2 cm³/mol. The van der Waals surface area contributed by atoms with Crippen molar-refractivity contribution in [2.75, 3.05) is 31.6 Å². The Morgan fingerprint density at radius 3 is 2.83 bits per heavy atom. The Morgan fingerprint density at radius 1 is 1.52 bits per heavy atom. The molecule has 1 aromatic rings. The van der Waals surface area contributed by atoms with E-state index >= 15 is 0 Å². The second-order valence-electron chi connectivity index (χ2n) is 6.59. The van der Waals surface area contributed by atoms with E-state index in [-0.39, 0.29) is 11.9 Å². The Kier molecular flexibility index (Phi) is 6.80. The molecule has 0 spiro atoms. The number of rotatable bonds is 7. The van der Waals surface area contributed by atoms with Gasteiger partial charge < -0.3 is 10.2 Å². The van der Waals surface area contributed by atoms with Crippen LogP contribution in [0.15, 0.2) is 6.20 Å². The lowest BCUT2D eigenvalue weighted by Crippen LogP contribution is -2.42. The van der Waals surface area contributed by atoms with E-state index in [1.807, 2.05) is 11.8 Å². The second kappa shape index (κ2) is 8.40. The first-order valence-corrected chi connectivity index (χ1v) is 9.90. The van der Waals surface area contributed by atoms with Gasteiger partial charge in [0, 0.05) is 32.4 Å². The molecule has 1 N–H and O–H groups in total. The van der Waals surface area contributed by atoms with Gasteiger partial charge in [-0.2, -0.15) is 16.9 Å². The minimum Gasteiger partial charge on any atom is -0.346 e. The number of aromatic nitrogens is 2. The zero-order valence-corrected chi connectivity index (χ0v) is 16.0. The largest absolute Gasteiger partial charge is 0.346 e. The normalized spacial score (nSPS) is 22.0. The molecule has 0 aliphatic carbocycles. The number of likely N-dealkylation sites (tertiary alicyclic amines) is 1. The van der Waals surface area contributed by atoms with E-state index in [1.54, 1.807) is 17.9 Å². The summed E-state index contributed by atoms with van der Waals surface area (Å²) >= 11 is 7.96. The summed E-state index contributed by atoms with van der Waals surface area (Å²) in [7, 11) is 1.77. The van der Waals surface area contributed by atoms with Gasteiger partial charge in [-0.05, 0) is 36.8 Å². The quantitative estimate of drug-likeness (QED) is 0.761. The maximum Gasteiger partial charge on any atom is 0.273 e. The summed E-state index contributed by atoms with van der Waals surface area (Å²) in [5, 5.41) is 7.72. The van der Waals surface area contributed by atoms with Crippen LogP contribution in [0.2, 0.25) is 5.02 Å². The lowest BCUT2D eigenvalue weighted by molar-refractivity contribution is 0.0919. The zero-order valence-electron chi connectivity index (χ0n) is 14.4. The van der Waals surface area contributed by atoms with Crippen LogP contribution >= 0.6 is 23.4 Å². The Bertz CT molecular complexity index is 534. The maximum absolute atomic E-state index is 12.5. The molecule has 1 aromatic heterocycles. The van der Waals surface area contributed by atoms with Gasteiger partial charge in [0.05, 0.1) is 5.02 Å². The van der Waals surface area contributed by atoms with Crippen molar-refractivity contribution in [3.05, 3.63) is 16.9 Å². The van der Waals surface area contributed by atoms with Crippen LogP contribution in [0.4, 0.5) is 0 Å². The Hall–Kier alpha value is -0.720. The van der Waals surface area contributed by atoms with E-state index in [4.69, 9.17) is 11.6 Å². The molecular formula is C16H27ClN4OS. The molecule has 1 aliphatic rings. The van der Waals surface area contributed by atoms with E-state index in [0.29, 0.717) is 22.6 Å². The third-order valence-electron chi connectivity index (χ3n) is 4.44. The molecule has 1 saturated heterocycles. The van der Waals surface area contributed by atoms with Crippen LogP contribution in [0.3, 0.4) is 0 Å². The zero-order chi connectivity index (χ0) is 17.0. The first kappa shape index (κ1) is 18.6. The van der Waals surface area contributed by atoms with Crippen molar-refractivity contribution in [1.29, 1.82) is 0 Å². The molecule has 0 aromatic carbocycles. The van der Waals surface area contributed by atoms with Crippen LogP contribution < -0.4 is 5.32 Å². The van der Waals surface area contributed by atoms with Gasteiger partial charge in [-0.25, -0.2) is 0 Å². The van der Waals surface area contributed by atoms with Gasteiger partial charge in [0.1, 0.15) is 0 Å². The number of hydrogen-bond acceptors (Lipinski definition) is 4. The fourth-order valence-electron chi connectivity index (χ4n) is 3.21. The average molecular weight is 359 g/mol. The lowest BCUT2D eigenvalue weighted by atomic mass is 9.91. The number of thioether (sulfide) groups is 1. The highest BCUT2D eigenvalue weighted by molar-refractivity contribution is 7.98. The van der Waals surface area contributed by atoms with E-state index in [0.717, 1.165) is 19.6 Å². The summed E-state index contributed by atoms with van der Waals surface area (Å²) in [6.07, 6.45) is 4.99. The highest BCUT2D eigenvalue weighted by Crippen LogP contribution is 2.25. The van der Waals surface area contributed by atoms with Crippen molar-refractivity contribution >= 4 is 29.3 Å². The molecule has 7 heteroatoms. The van der Waals surface area contributed by atoms with Crippen molar-refractivity contribution in [2.45, 2.75) is 26.3 Å². The first-order chi connectivity index (χ1) is 10.9. The van der Waals surface area contributed by atoms with E-state index < -0.39 is 0 Å². The molecule has 130 valence electrons. The maximum atomic E-state index is 12.5. The number of carbonyl (C=O) groups is 1. The molecule has 0 unspecified atom stereocenters. The SMILES string of the molecule is CSCCCN1C[C@H](NC(=O)c2nn(C)cc2Cl)[C@@H](C(C)C)C1. The summed E-state index contributed by atoms with van der Waals surface area (Å²) in [6, 6.07) is 0.162. The van der Waals surface area contributed by atoms with Crippen molar-refractivity contribution in [3.63, 3.8) is 0 Å². The Labute approximate surface area is 148 Å². The van der Waals surface area contributed by atoms with Gasteiger partial charge >= 0.3 is 0 Å². The molecule has 2 atom stereocenters. The molecule has 2 heterocycles. The van der Waals surface area contributed by atoms with Gasteiger partial charge in [0.25, 0.3) is 5.91 Å². The van der Waals surface area contributed by atoms with Crippen molar-refractivity contribution in [1.82, 2.24) is 20.0 Å². The summed E-state index contributed by atoms with van der Waals surface area (Å²) in [5.74, 6) is 2.02. The number of halogens is 1. The van der Waals surface area contributed by atoms with Crippen LogP contribution in [0.25, 0.3) is 0 Å². The van der Waals surface area contributed by atoms with E-state index in [2.05, 4.69) is 35.4 Å². The minimum absolute atomic E-state index is 0.162. The van der Waals surface area contributed by atoms with Crippen molar-refractivity contribution in [2.24, 2.45) is 18.9 Å². The van der Waals surface area contributed by atoms with Gasteiger partial charge in [0.15, 0.2) is 5.69 Å². The second-order valence-corrected chi connectivity index (χ2v) is 7.99. The summed E-state index contributed by atoms with van der Waals surface area (Å²) < 4.78 is 1.57. The lowest BCUT2D eigenvalue weighted by Gasteiger charge is -2.22. The van der Waals surface area contributed by atoms with Gasteiger partial charge in [-0.1, -0.05) is 25.4 Å². The highest BCUT2D eigenvalue weighted by atomic mass is 35.5.